The lowest BCUT2D eigenvalue weighted by Crippen LogP contribution is -2.57. The molecule has 0 aromatic carbocycles. The molecule has 0 aliphatic heterocycles. The Kier molecular flexibility index (Phi) is 10.6. The molecule has 0 saturated carbocycles. The first-order chi connectivity index (χ1) is 12.6. The van der Waals surface area contributed by atoms with E-state index in [4.69, 9.17) is 0 Å². The van der Waals surface area contributed by atoms with Crippen LogP contribution in [0.25, 0.3) is 0 Å². The summed E-state index contributed by atoms with van der Waals surface area (Å²) in [4.78, 5) is 35.2. The van der Waals surface area contributed by atoms with Gasteiger partial charge in [-0.1, -0.05) is 26.3 Å². The Labute approximate surface area is 160 Å². The Hall–Kier alpha value is -2.71. The van der Waals surface area contributed by atoms with Gasteiger partial charge < -0.3 is 21.1 Å². The van der Waals surface area contributed by atoms with Crippen LogP contribution >= 0.6 is 0 Å². The van der Waals surface area contributed by atoms with Crippen molar-refractivity contribution in [2.24, 2.45) is 5.41 Å². The van der Waals surface area contributed by atoms with Crippen molar-refractivity contribution in [2.75, 3.05) is 26.2 Å². The molecule has 0 radical (unpaired) electrons. The highest BCUT2D eigenvalue weighted by atomic mass is 16.3. The van der Waals surface area contributed by atoms with Crippen LogP contribution in [0, 0.1) is 5.41 Å². The van der Waals surface area contributed by atoms with Crippen LogP contribution in [0.1, 0.15) is 13.8 Å². The minimum Gasteiger partial charge on any atom is -0.375 e. The third-order valence-electron chi connectivity index (χ3n) is 3.79. The lowest BCUT2D eigenvalue weighted by atomic mass is 9.86. The maximum absolute atomic E-state index is 11.9. The van der Waals surface area contributed by atoms with Crippen molar-refractivity contribution < 1.29 is 19.5 Å². The Morgan fingerprint density at radius 2 is 1.37 bits per heavy atom. The topological polar surface area (TPSA) is 120 Å². The highest BCUT2D eigenvalue weighted by molar-refractivity contribution is 5.92. The lowest BCUT2D eigenvalue weighted by Gasteiger charge is -2.35. The molecule has 0 aromatic heterocycles. The molecule has 0 heterocycles. The number of amides is 3. The molecule has 0 rings (SSSR count). The number of aliphatic hydroxyl groups is 1. The van der Waals surface area contributed by atoms with Crippen molar-refractivity contribution in [1.82, 2.24) is 21.3 Å². The normalized spacial score (nSPS) is 11.7. The van der Waals surface area contributed by atoms with E-state index in [1.165, 1.54) is 0 Å². The van der Waals surface area contributed by atoms with Gasteiger partial charge >= 0.3 is 0 Å². The number of rotatable bonds is 13. The Morgan fingerprint density at radius 3 is 1.74 bits per heavy atom. The second kappa shape index (κ2) is 11.8. The summed E-state index contributed by atoms with van der Waals surface area (Å²) >= 11 is 0. The number of aliphatic hydroxyl groups excluding tert-OH is 1. The molecule has 0 aromatic rings. The van der Waals surface area contributed by atoms with E-state index in [0.717, 1.165) is 12.2 Å². The fourth-order valence-corrected chi connectivity index (χ4v) is 1.97. The van der Waals surface area contributed by atoms with Gasteiger partial charge in [0.25, 0.3) is 0 Å². The molecule has 1 unspecified atom stereocenters. The number of carbonyl (C=O) groups is 3. The minimum absolute atomic E-state index is 0.0989. The average Bonchev–Trinajstić information content (AvgIpc) is 2.65. The van der Waals surface area contributed by atoms with E-state index in [1.54, 1.807) is 13.8 Å². The summed E-state index contributed by atoms with van der Waals surface area (Å²) in [6, 6.07) is 0. The smallest absolute Gasteiger partial charge is 0.246 e. The van der Waals surface area contributed by atoms with E-state index in [-0.39, 0.29) is 32.1 Å². The third-order valence-corrected chi connectivity index (χ3v) is 3.79. The second-order valence-corrected chi connectivity index (χ2v) is 6.44. The SMILES string of the molecule is C=CC(=O)NCC(CNC(=O)C=C)(CNC(=O)C(=C)C)CNC(O)C(=C)C. The van der Waals surface area contributed by atoms with Gasteiger partial charge in [-0.3, -0.25) is 19.7 Å². The van der Waals surface area contributed by atoms with Crippen molar-refractivity contribution in [3.8, 4) is 0 Å². The molecule has 1 atom stereocenters. The van der Waals surface area contributed by atoms with Crippen molar-refractivity contribution >= 4 is 17.7 Å². The molecule has 0 saturated heterocycles. The molecule has 27 heavy (non-hydrogen) atoms. The van der Waals surface area contributed by atoms with Crippen LogP contribution in [0.15, 0.2) is 49.6 Å². The van der Waals surface area contributed by atoms with Crippen molar-refractivity contribution in [2.45, 2.75) is 20.1 Å². The Balaban J connectivity index is 5.49. The van der Waals surface area contributed by atoms with Crippen LogP contribution in [0.2, 0.25) is 0 Å². The van der Waals surface area contributed by atoms with E-state index >= 15 is 0 Å². The van der Waals surface area contributed by atoms with Crippen molar-refractivity contribution in [3.05, 3.63) is 49.6 Å². The van der Waals surface area contributed by atoms with Crippen LogP contribution in [-0.4, -0.2) is 55.2 Å². The first-order valence-electron chi connectivity index (χ1n) is 8.38. The third kappa shape index (κ3) is 9.53. The van der Waals surface area contributed by atoms with Gasteiger partial charge in [0.15, 0.2) is 0 Å². The largest absolute Gasteiger partial charge is 0.375 e. The molecule has 150 valence electrons. The van der Waals surface area contributed by atoms with Crippen molar-refractivity contribution in [3.63, 3.8) is 0 Å². The summed E-state index contributed by atoms with van der Waals surface area (Å²) in [5, 5.41) is 20.9. The number of hydrogen-bond acceptors (Lipinski definition) is 5. The first-order valence-corrected chi connectivity index (χ1v) is 8.38. The molecule has 0 aliphatic carbocycles. The fourth-order valence-electron chi connectivity index (χ4n) is 1.97. The lowest BCUT2D eigenvalue weighted by molar-refractivity contribution is -0.117. The van der Waals surface area contributed by atoms with E-state index < -0.39 is 23.5 Å². The van der Waals surface area contributed by atoms with E-state index in [9.17, 15) is 19.5 Å². The van der Waals surface area contributed by atoms with Gasteiger partial charge in [0.2, 0.25) is 17.7 Å². The molecular weight excluding hydrogens is 348 g/mol. The summed E-state index contributed by atoms with van der Waals surface area (Å²) in [6.07, 6.45) is 1.26. The predicted octanol–water partition coefficient (Wildman–Crippen LogP) is -0.246. The van der Waals surface area contributed by atoms with Gasteiger partial charge in [0.1, 0.15) is 6.23 Å². The monoisotopic (exact) mass is 378 g/mol. The Morgan fingerprint density at radius 1 is 0.926 bits per heavy atom. The quantitative estimate of drug-likeness (QED) is 0.172. The molecule has 0 aliphatic rings. The van der Waals surface area contributed by atoms with Gasteiger partial charge in [0.05, 0.1) is 0 Å². The van der Waals surface area contributed by atoms with E-state index in [2.05, 4.69) is 47.6 Å². The first kappa shape index (κ1) is 24.3. The second-order valence-electron chi connectivity index (χ2n) is 6.44. The zero-order valence-corrected chi connectivity index (χ0v) is 16.1. The zero-order valence-electron chi connectivity index (χ0n) is 16.1. The van der Waals surface area contributed by atoms with Crippen LogP contribution in [0.4, 0.5) is 0 Å². The van der Waals surface area contributed by atoms with Gasteiger partial charge in [0, 0.05) is 37.2 Å². The zero-order chi connectivity index (χ0) is 21.0. The molecular formula is C19H30N4O4. The predicted molar refractivity (Wildman–Crippen MR) is 105 cm³/mol. The van der Waals surface area contributed by atoms with Crippen LogP contribution in [0.3, 0.4) is 0 Å². The number of hydrogen-bond donors (Lipinski definition) is 5. The maximum Gasteiger partial charge on any atom is 0.246 e. The Bertz CT molecular complexity index is 589. The molecule has 3 amide bonds. The summed E-state index contributed by atoms with van der Waals surface area (Å²) in [7, 11) is 0. The summed E-state index contributed by atoms with van der Waals surface area (Å²) < 4.78 is 0. The van der Waals surface area contributed by atoms with Crippen molar-refractivity contribution in [1.29, 1.82) is 0 Å². The number of nitrogens with one attached hydrogen (secondary N) is 4. The molecule has 8 heteroatoms. The van der Waals surface area contributed by atoms with Crippen LogP contribution < -0.4 is 21.3 Å². The molecule has 0 fully saturated rings. The standard InChI is InChI=1S/C19H30N4O4/c1-7-15(24)20-9-19(10-21-16(25)8-2,11-22-17(26)13(3)4)12-23-18(27)14(5)6/h7-8,17,22,26H,1-3,5,9-12H2,4,6H3,(H,20,24)(H,21,25)(H,23,27). The summed E-state index contributed by atoms with van der Waals surface area (Å²) in [5.41, 5.74) is -0.0250. The van der Waals surface area contributed by atoms with Crippen LogP contribution in [-0.2, 0) is 14.4 Å². The van der Waals surface area contributed by atoms with Crippen LogP contribution in [0.5, 0.6) is 0 Å². The maximum atomic E-state index is 11.9. The van der Waals surface area contributed by atoms with E-state index in [0.29, 0.717) is 11.1 Å². The molecule has 0 bridgehead atoms. The molecule has 0 spiro atoms. The highest BCUT2D eigenvalue weighted by Crippen LogP contribution is 2.15. The van der Waals surface area contributed by atoms with Gasteiger partial charge in [-0.15, -0.1) is 0 Å². The fraction of sp³-hybridized carbons (Fsp3) is 0.421. The van der Waals surface area contributed by atoms with Gasteiger partial charge in [-0.05, 0) is 31.6 Å². The summed E-state index contributed by atoms with van der Waals surface area (Å²) in [6.45, 7) is 17.7. The average molecular weight is 378 g/mol. The van der Waals surface area contributed by atoms with Gasteiger partial charge in [-0.2, -0.15) is 0 Å². The van der Waals surface area contributed by atoms with Gasteiger partial charge in [-0.25, -0.2) is 0 Å². The molecule has 5 N–H and O–H groups in total. The summed E-state index contributed by atoms with van der Waals surface area (Å²) in [5.74, 6) is -1.16. The molecule has 8 nitrogen and oxygen atoms in total. The minimum atomic E-state index is -0.980. The van der Waals surface area contributed by atoms with E-state index in [1.807, 2.05) is 0 Å². The highest BCUT2D eigenvalue weighted by Gasteiger charge is 2.32. The number of carbonyl (C=O) groups excluding carboxylic acids is 3.